The Morgan fingerprint density at radius 1 is 1.25 bits per heavy atom. The van der Waals surface area contributed by atoms with Crippen molar-refractivity contribution in [3.05, 3.63) is 0 Å². The second-order valence-electron chi connectivity index (χ2n) is 2.58. The summed E-state index contributed by atoms with van der Waals surface area (Å²) in [5.41, 5.74) is 0. The molecule has 12 heavy (non-hydrogen) atoms. The quantitative estimate of drug-likeness (QED) is 0.488. The molecule has 0 aliphatic rings. The number of rotatable bonds is 7. The maximum atomic E-state index is 10.9. The smallest absolute Gasteiger partial charge is 0.211 e. The van der Waals surface area contributed by atoms with Crippen LogP contribution in [0.25, 0.3) is 0 Å². The molecule has 0 unspecified atom stereocenters. The van der Waals surface area contributed by atoms with Crippen LogP contribution in [0.5, 0.6) is 0 Å². The standard InChI is InChI=1S/C7H17NO2S2/c1-2-12(9,10)8-6-4-3-5-7-11/h8,11H,2-7H2,1H3. The van der Waals surface area contributed by atoms with Crippen molar-refractivity contribution in [3.8, 4) is 0 Å². The van der Waals surface area contributed by atoms with Gasteiger partial charge in [-0.25, -0.2) is 13.1 Å². The highest BCUT2D eigenvalue weighted by atomic mass is 32.2. The lowest BCUT2D eigenvalue weighted by Gasteiger charge is -2.02. The van der Waals surface area contributed by atoms with Gasteiger partial charge in [-0.2, -0.15) is 12.6 Å². The van der Waals surface area contributed by atoms with E-state index in [0.29, 0.717) is 6.54 Å². The summed E-state index contributed by atoms with van der Waals surface area (Å²) in [6.07, 6.45) is 2.99. The Hall–Kier alpha value is 0.260. The monoisotopic (exact) mass is 211 g/mol. The fourth-order valence-electron chi connectivity index (χ4n) is 0.743. The SMILES string of the molecule is CCS(=O)(=O)NCCCCCS. The lowest BCUT2D eigenvalue weighted by Crippen LogP contribution is -2.26. The van der Waals surface area contributed by atoms with Crippen molar-refractivity contribution in [2.75, 3.05) is 18.1 Å². The van der Waals surface area contributed by atoms with Crippen LogP contribution in [0.2, 0.25) is 0 Å². The van der Waals surface area contributed by atoms with Crippen LogP contribution in [0.4, 0.5) is 0 Å². The zero-order valence-electron chi connectivity index (χ0n) is 7.41. The highest BCUT2D eigenvalue weighted by molar-refractivity contribution is 7.89. The van der Waals surface area contributed by atoms with Gasteiger partial charge in [0.2, 0.25) is 10.0 Å². The van der Waals surface area contributed by atoms with Crippen molar-refractivity contribution in [1.29, 1.82) is 0 Å². The van der Waals surface area contributed by atoms with Gasteiger partial charge >= 0.3 is 0 Å². The summed E-state index contributed by atoms with van der Waals surface area (Å²) in [7, 11) is -2.98. The van der Waals surface area contributed by atoms with Crippen molar-refractivity contribution in [3.63, 3.8) is 0 Å². The lowest BCUT2D eigenvalue weighted by molar-refractivity contribution is 0.577. The minimum Gasteiger partial charge on any atom is -0.215 e. The lowest BCUT2D eigenvalue weighted by atomic mass is 10.2. The normalized spacial score (nSPS) is 11.8. The summed E-state index contributed by atoms with van der Waals surface area (Å²) < 4.78 is 24.3. The van der Waals surface area contributed by atoms with Crippen molar-refractivity contribution >= 4 is 22.7 Å². The van der Waals surface area contributed by atoms with Crippen LogP contribution in [0.15, 0.2) is 0 Å². The van der Waals surface area contributed by atoms with E-state index in [1.807, 2.05) is 0 Å². The number of hydrogen-bond acceptors (Lipinski definition) is 3. The minimum atomic E-state index is -2.98. The van der Waals surface area contributed by atoms with Gasteiger partial charge in [0.15, 0.2) is 0 Å². The molecule has 74 valence electrons. The summed E-state index contributed by atoms with van der Waals surface area (Å²) in [5, 5.41) is 0. The maximum absolute atomic E-state index is 10.9. The largest absolute Gasteiger partial charge is 0.215 e. The van der Waals surface area contributed by atoms with Crippen LogP contribution in [-0.4, -0.2) is 26.5 Å². The number of hydrogen-bond donors (Lipinski definition) is 2. The molecule has 0 aromatic heterocycles. The molecule has 0 spiro atoms. The average molecular weight is 211 g/mol. The van der Waals surface area contributed by atoms with Gasteiger partial charge < -0.3 is 0 Å². The zero-order chi connectivity index (χ0) is 9.45. The molecule has 0 saturated carbocycles. The van der Waals surface area contributed by atoms with E-state index in [-0.39, 0.29) is 5.75 Å². The van der Waals surface area contributed by atoms with Crippen LogP contribution in [0.3, 0.4) is 0 Å². The van der Waals surface area contributed by atoms with Crippen LogP contribution < -0.4 is 4.72 Å². The summed E-state index contributed by atoms with van der Waals surface area (Å²) in [6, 6.07) is 0. The first kappa shape index (κ1) is 12.3. The molecule has 3 nitrogen and oxygen atoms in total. The molecule has 5 heteroatoms. The number of unbranched alkanes of at least 4 members (excludes halogenated alkanes) is 2. The van der Waals surface area contributed by atoms with Crippen molar-refractivity contribution in [2.24, 2.45) is 0 Å². The number of sulfonamides is 1. The first-order valence-electron chi connectivity index (χ1n) is 4.20. The van der Waals surface area contributed by atoms with Crippen LogP contribution in [0.1, 0.15) is 26.2 Å². The fourth-order valence-corrected chi connectivity index (χ4v) is 1.63. The second kappa shape index (κ2) is 6.74. The van der Waals surface area contributed by atoms with Gasteiger partial charge in [0.25, 0.3) is 0 Å². The Balaban J connectivity index is 3.32. The van der Waals surface area contributed by atoms with E-state index in [4.69, 9.17) is 0 Å². The summed E-state index contributed by atoms with van der Waals surface area (Å²) in [4.78, 5) is 0. The topological polar surface area (TPSA) is 46.2 Å². The highest BCUT2D eigenvalue weighted by Crippen LogP contribution is 1.95. The summed E-state index contributed by atoms with van der Waals surface area (Å²) in [6.45, 7) is 2.19. The van der Waals surface area contributed by atoms with Crippen LogP contribution in [0, 0.1) is 0 Å². The predicted octanol–water partition coefficient (Wildman–Crippen LogP) is 1.03. The van der Waals surface area contributed by atoms with Gasteiger partial charge in [-0.3, -0.25) is 0 Å². The van der Waals surface area contributed by atoms with Gasteiger partial charge in [0.05, 0.1) is 5.75 Å². The Morgan fingerprint density at radius 3 is 2.42 bits per heavy atom. The van der Waals surface area contributed by atoms with Gasteiger partial charge in [-0.05, 0) is 25.5 Å². The Bertz CT molecular complexity index is 190. The third-order valence-electron chi connectivity index (χ3n) is 1.54. The number of nitrogens with one attached hydrogen (secondary N) is 1. The first-order valence-corrected chi connectivity index (χ1v) is 6.49. The summed E-state index contributed by atoms with van der Waals surface area (Å²) >= 11 is 4.06. The molecule has 0 aliphatic heterocycles. The van der Waals surface area contributed by atoms with Gasteiger partial charge in [0.1, 0.15) is 0 Å². The van der Waals surface area contributed by atoms with E-state index < -0.39 is 10.0 Å². The second-order valence-corrected chi connectivity index (χ2v) is 5.12. The van der Waals surface area contributed by atoms with E-state index in [0.717, 1.165) is 25.0 Å². The Labute approximate surface area is 80.4 Å². The molecule has 0 aromatic carbocycles. The molecular formula is C7H17NO2S2. The van der Waals surface area contributed by atoms with E-state index in [1.165, 1.54) is 0 Å². The molecule has 0 amide bonds. The van der Waals surface area contributed by atoms with Gasteiger partial charge in [-0.1, -0.05) is 6.42 Å². The van der Waals surface area contributed by atoms with Gasteiger partial charge in [0, 0.05) is 6.54 Å². The van der Waals surface area contributed by atoms with Crippen molar-refractivity contribution in [1.82, 2.24) is 4.72 Å². The molecule has 0 saturated heterocycles. The molecule has 0 radical (unpaired) electrons. The van der Waals surface area contributed by atoms with E-state index in [2.05, 4.69) is 17.4 Å². The van der Waals surface area contributed by atoms with Gasteiger partial charge in [-0.15, -0.1) is 0 Å². The predicted molar refractivity (Wildman–Crippen MR) is 55.2 cm³/mol. The first-order chi connectivity index (χ1) is 5.62. The van der Waals surface area contributed by atoms with E-state index in [1.54, 1.807) is 6.92 Å². The Kier molecular flexibility index (Phi) is 6.89. The third-order valence-corrected chi connectivity index (χ3v) is 3.26. The summed E-state index contributed by atoms with van der Waals surface area (Å²) in [5.74, 6) is 1.04. The van der Waals surface area contributed by atoms with E-state index >= 15 is 0 Å². The zero-order valence-corrected chi connectivity index (χ0v) is 9.13. The van der Waals surface area contributed by atoms with Crippen molar-refractivity contribution in [2.45, 2.75) is 26.2 Å². The molecule has 0 rings (SSSR count). The molecule has 0 aromatic rings. The van der Waals surface area contributed by atoms with Crippen LogP contribution >= 0.6 is 12.6 Å². The third kappa shape index (κ3) is 6.94. The van der Waals surface area contributed by atoms with E-state index in [9.17, 15) is 8.42 Å². The van der Waals surface area contributed by atoms with Crippen molar-refractivity contribution < 1.29 is 8.42 Å². The number of thiol groups is 1. The molecule has 0 heterocycles. The minimum absolute atomic E-state index is 0.166. The molecule has 1 N–H and O–H groups in total. The average Bonchev–Trinajstić information content (AvgIpc) is 2.04. The molecule has 0 aliphatic carbocycles. The fraction of sp³-hybridized carbons (Fsp3) is 1.00. The molecule has 0 bridgehead atoms. The highest BCUT2D eigenvalue weighted by Gasteiger charge is 2.03. The maximum Gasteiger partial charge on any atom is 0.211 e. The molecule has 0 fully saturated rings. The molecular weight excluding hydrogens is 194 g/mol. The van der Waals surface area contributed by atoms with Crippen LogP contribution in [-0.2, 0) is 10.0 Å². The molecule has 0 atom stereocenters. The Morgan fingerprint density at radius 2 is 1.92 bits per heavy atom.